The molecule has 1 saturated heterocycles. The molecule has 0 aliphatic carbocycles. The van der Waals surface area contributed by atoms with Crippen molar-refractivity contribution < 1.29 is 23.4 Å². The van der Waals surface area contributed by atoms with E-state index >= 15 is 0 Å². The Morgan fingerprint density at radius 3 is 2.67 bits per heavy atom. The van der Waals surface area contributed by atoms with E-state index < -0.39 is 17.6 Å². The third-order valence-electron chi connectivity index (χ3n) is 5.88. The van der Waals surface area contributed by atoms with E-state index in [4.69, 9.17) is 4.74 Å². The third-order valence-corrected chi connectivity index (χ3v) is 5.88. The van der Waals surface area contributed by atoms with E-state index in [2.05, 4.69) is 14.9 Å². The van der Waals surface area contributed by atoms with Crippen LogP contribution < -0.4 is 4.90 Å². The number of carboxylic acids is 1. The average molecular weight is 452 g/mol. The smallest absolute Gasteiger partial charge is 0.338 e. The van der Waals surface area contributed by atoms with Gasteiger partial charge in [-0.3, -0.25) is 9.55 Å². The summed E-state index contributed by atoms with van der Waals surface area (Å²) in [5, 5.41) is 10.2. The number of carbonyl (C=O) groups is 1. The first-order valence-electron chi connectivity index (χ1n) is 10.8. The van der Waals surface area contributed by atoms with Gasteiger partial charge in [-0.2, -0.15) is 0 Å². The first-order valence-corrected chi connectivity index (χ1v) is 10.8. The number of anilines is 1. The summed E-state index contributed by atoms with van der Waals surface area (Å²) in [5.74, 6) is -1.93. The summed E-state index contributed by atoms with van der Waals surface area (Å²) in [6.45, 7) is 4.36. The Kier molecular flexibility index (Phi) is 5.41. The van der Waals surface area contributed by atoms with E-state index in [1.54, 1.807) is 16.7 Å². The zero-order valence-corrected chi connectivity index (χ0v) is 18.0. The summed E-state index contributed by atoms with van der Waals surface area (Å²) in [6.07, 6.45) is 2.78. The summed E-state index contributed by atoms with van der Waals surface area (Å²) >= 11 is 0. The van der Waals surface area contributed by atoms with Gasteiger partial charge < -0.3 is 14.7 Å². The first kappa shape index (κ1) is 21.3. The lowest BCUT2D eigenvalue weighted by molar-refractivity contribution is 0.0699. The van der Waals surface area contributed by atoms with Crippen LogP contribution in [-0.2, 0) is 11.2 Å². The van der Waals surface area contributed by atoms with Crippen LogP contribution in [0.1, 0.15) is 29.5 Å². The molecule has 0 atom stereocenters. The largest absolute Gasteiger partial charge is 0.478 e. The number of morpholine rings is 1. The fourth-order valence-electron chi connectivity index (χ4n) is 4.40. The Morgan fingerprint density at radius 1 is 1.15 bits per heavy atom. The van der Waals surface area contributed by atoms with E-state index in [0.717, 1.165) is 18.2 Å². The number of benzene rings is 2. The van der Waals surface area contributed by atoms with Gasteiger partial charge >= 0.3 is 5.97 Å². The number of rotatable bonds is 5. The number of aromatic carboxylic acids is 1. The van der Waals surface area contributed by atoms with Crippen LogP contribution in [0.3, 0.4) is 0 Å². The maximum absolute atomic E-state index is 14.5. The summed E-state index contributed by atoms with van der Waals surface area (Å²) in [5.41, 5.74) is 2.27. The third kappa shape index (κ3) is 3.68. The number of imidazole rings is 1. The van der Waals surface area contributed by atoms with Crippen LogP contribution in [0.4, 0.5) is 14.5 Å². The monoisotopic (exact) mass is 452 g/mol. The Balaban J connectivity index is 1.85. The number of nitrogens with zero attached hydrogens (tertiary/aromatic N) is 4. The zero-order valence-electron chi connectivity index (χ0n) is 18.0. The van der Waals surface area contributed by atoms with Crippen molar-refractivity contribution in [3.8, 4) is 5.69 Å². The maximum atomic E-state index is 14.5. The number of ether oxygens (including phenoxy) is 1. The number of aromatic nitrogens is 3. The molecule has 170 valence electrons. The summed E-state index contributed by atoms with van der Waals surface area (Å²) < 4.78 is 35.9. The van der Waals surface area contributed by atoms with Crippen LogP contribution in [-0.4, -0.2) is 51.9 Å². The molecule has 7 nitrogen and oxygen atoms in total. The Morgan fingerprint density at radius 2 is 1.94 bits per heavy atom. The first-order chi connectivity index (χ1) is 16.0. The molecule has 1 aliphatic heterocycles. The van der Waals surface area contributed by atoms with Gasteiger partial charge in [0.1, 0.15) is 22.7 Å². The molecule has 9 heteroatoms. The molecule has 4 aromatic rings. The summed E-state index contributed by atoms with van der Waals surface area (Å²) in [6, 6.07) is 7.24. The van der Waals surface area contributed by atoms with Crippen LogP contribution >= 0.6 is 0 Å². The maximum Gasteiger partial charge on any atom is 0.338 e. The van der Waals surface area contributed by atoms with Crippen molar-refractivity contribution in [1.82, 2.24) is 14.5 Å². The second-order valence-electron chi connectivity index (χ2n) is 7.99. The molecule has 0 amide bonds. The molecule has 5 rings (SSSR count). The van der Waals surface area contributed by atoms with Gasteiger partial charge in [0.2, 0.25) is 0 Å². The molecule has 0 spiro atoms. The predicted molar refractivity (Wildman–Crippen MR) is 120 cm³/mol. The number of pyridine rings is 1. The van der Waals surface area contributed by atoms with Crippen molar-refractivity contribution in [2.45, 2.75) is 19.8 Å². The second-order valence-corrected chi connectivity index (χ2v) is 7.99. The molecule has 2 aromatic heterocycles. The van der Waals surface area contributed by atoms with Gasteiger partial charge in [-0.1, -0.05) is 6.92 Å². The molecule has 1 N–H and O–H groups in total. The highest BCUT2D eigenvalue weighted by atomic mass is 19.1. The molecule has 0 bridgehead atoms. The predicted octanol–water partition coefficient (Wildman–Crippen LogP) is 4.34. The second kappa shape index (κ2) is 8.40. The van der Waals surface area contributed by atoms with Crippen molar-refractivity contribution in [3.05, 3.63) is 59.6 Å². The van der Waals surface area contributed by atoms with Crippen molar-refractivity contribution in [2.75, 3.05) is 31.2 Å². The number of hydrogen-bond acceptors (Lipinski definition) is 5. The van der Waals surface area contributed by atoms with Gasteiger partial charge in [-0.05, 0) is 30.7 Å². The van der Waals surface area contributed by atoms with Gasteiger partial charge in [-0.15, -0.1) is 0 Å². The lowest BCUT2D eigenvalue weighted by Crippen LogP contribution is -2.36. The fraction of sp³-hybridized carbons (Fsp3) is 0.292. The summed E-state index contributed by atoms with van der Waals surface area (Å²) in [4.78, 5) is 23.0. The molecule has 3 heterocycles. The molecule has 33 heavy (non-hydrogen) atoms. The van der Waals surface area contributed by atoms with Crippen LogP contribution in [0.25, 0.3) is 27.6 Å². The van der Waals surface area contributed by atoms with Crippen molar-refractivity contribution in [1.29, 1.82) is 0 Å². The minimum absolute atomic E-state index is 0.0426. The molecule has 2 aromatic carbocycles. The summed E-state index contributed by atoms with van der Waals surface area (Å²) in [7, 11) is 0. The van der Waals surface area contributed by atoms with Gasteiger partial charge in [0.05, 0.1) is 30.0 Å². The zero-order chi connectivity index (χ0) is 23.1. The number of hydrogen-bond donors (Lipinski definition) is 1. The van der Waals surface area contributed by atoms with Gasteiger partial charge in [-0.25, -0.2) is 18.6 Å². The molecule has 1 fully saturated rings. The Labute approximate surface area is 188 Å². The van der Waals surface area contributed by atoms with Gasteiger partial charge in [0.15, 0.2) is 5.82 Å². The topological polar surface area (TPSA) is 80.5 Å². The van der Waals surface area contributed by atoms with Crippen LogP contribution in [0.2, 0.25) is 0 Å². The molecule has 0 unspecified atom stereocenters. The van der Waals surface area contributed by atoms with Crippen molar-refractivity contribution in [3.63, 3.8) is 0 Å². The normalized spacial score (nSPS) is 14.3. The number of halogens is 2. The van der Waals surface area contributed by atoms with E-state index in [1.807, 2.05) is 13.0 Å². The van der Waals surface area contributed by atoms with Crippen molar-refractivity contribution >= 4 is 33.6 Å². The standard InChI is InChI=1S/C24H22F2N4O3/c1-2-3-21-28-23-17(24(31)32)12-15(29-6-8-33-9-7-29)13-20(23)30(21)19-4-5-27-22-16(19)10-14(25)11-18(22)26/h4-5,10-13H,2-3,6-9H2,1H3,(H,31,32). The van der Waals surface area contributed by atoms with E-state index in [0.29, 0.717) is 60.7 Å². The van der Waals surface area contributed by atoms with Crippen LogP contribution in [0, 0.1) is 11.6 Å². The SMILES string of the molecule is CCCc1nc2c(C(=O)O)cc(N3CCOCC3)cc2n1-c1ccnc2c(F)cc(F)cc12. The molecule has 1 aliphatic rings. The highest BCUT2D eigenvalue weighted by molar-refractivity contribution is 6.04. The van der Waals surface area contributed by atoms with Gasteiger partial charge in [0.25, 0.3) is 0 Å². The highest BCUT2D eigenvalue weighted by Gasteiger charge is 2.23. The van der Waals surface area contributed by atoms with Crippen LogP contribution in [0.15, 0.2) is 36.5 Å². The molecule has 0 saturated carbocycles. The minimum atomic E-state index is -1.08. The Bertz CT molecular complexity index is 1380. The fourth-order valence-corrected chi connectivity index (χ4v) is 4.40. The lowest BCUT2D eigenvalue weighted by atomic mass is 10.1. The molecular formula is C24H22F2N4O3. The molecule has 0 radical (unpaired) electrons. The number of aryl methyl sites for hydroxylation is 1. The van der Waals surface area contributed by atoms with Crippen molar-refractivity contribution in [2.24, 2.45) is 0 Å². The van der Waals surface area contributed by atoms with E-state index in [1.165, 1.54) is 12.3 Å². The van der Waals surface area contributed by atoms with E-state index in [-0.39, 0.29) is 11.1 Å². The van der Waals surface area contributed by atoms with Gasteiger partial charge in [0, 0.05) is 42.8 Å². The molecular weight excluding hydrogens is 430 g/mol. The number of carboxylic acid groups (broad SMARTS) is 1. The average Bonchev–Trinajstić information content (AvgIpc) is 3.16. The lowest BCUT2D eigenvalue weighted by Gasteiger charge is -2.29. The minimum Gasteiger partial charge on any atom is -0.478 e. The number of fused-ring (bicyclic) bond motifs is 2. The quantitative estimate of drug-likeness (QED) is 0.485. The van der Waals surface area contributed by atoms with E-state index in [9.17, 15) is 18.7 Å². The van der Waals surface area contributed by atoms with Crippen LogP contribution in [0.5, 0.6) is 0 Å². The Hall–Kier alpha value is -3.59. The highest BCUT2D eigenvalue weighted by Crippen LogP contribution is 2.33.